The molecular weight excluding hydrogens is 242 g/mol. The molecule has 0 bridgehead atoms. The summed E-state index contributed by atoms with van der Waals surface area (Å²) in [6, 6.07) is 14.0. The van der Waals surface area contributed by atoms with Gasteiger partial charge in [-0.1, -0.05) is 24.3 Å². The van der Waals surface area contributed by atoms with Crippen molar-refractivity contribution in [2.24, 2.45) is 5.18 Å². The van der Waals surface area contributed by atoms with Crippen molar-refractivity contribution < 1.29 is 9.53 Å². The molecule has 2 aromatic carbocycles. The molecule has 0 radical (unpaired) electrons. The molecule has 19 heavy (non-hydrogen) atoms. The first kappa shape index (κ1) is 11.6. The highest BCUT2D eigenvalue weighted by molar-refractivity contribution is 5.90. The van der Waals surface area contributed by atoms with Gasteiger partial charge in [-0.2, -0.15) is 0 Å². The fourth-order valence-electron chi connectivity index (χ4n) is 2.17. The average molecular weight is 253 g/mol. The molecule has 94 valence electrons. The van der Waals surface area contributed by atoms with E-state index in [1.165, 1.54) is 17.7 Å². The van der Waals surface area contributed by atoms with Gasteiger partial charge in [0.1, 0.15) is 11.8 Å². The third-order valence-corrected chi connectivity index (χ3v) is 3.26. The van der Waals surface area contributed by atoms with E-state index in [1.807, 2.05) is 24.3 Å². The van der Waals surface area contributed by atoms with Crippen LogP contribution in [-0.4, -0.2) is 5.97 Å². The molecule has 0 fully saturated rings. The predicted molar refractivity (Wildman–Crippen MR) is 70.2 cm³/mol. The number of esters is 1. The van der Waals surface area contributed by atoms with E-state index in [4.69, 9.17) is 4.74 Å². The van der Waals surface area contributed by atoms with Crippen molar-refractivity contribution in [3.63, 3.8) is 0 Å². The molecular formula is C15H11NO3. The topological polar surface area (TPSA) is 55.7 Å². The van der Waals surface area contributed by atoms with E-state index in [-0.39, 0.29) is 12.1 Å². The second-order valence-corrected chi connectivity index (χ2v) is 4.44. The fourth-order valence-corrected chi connectivity index (χ4v) is 2.17. The Morgan fingerprint density at radius 3 is 2.53 bits per heavy atom. The van der Waals surface area contributed by atoms with Crippen LogP contribution in [0.2, 0.25) is 0 Å². The second-order valence-electron chi connectivity index (χ2n) is 4.44. The highest BCUT2D eigenvalue weighted by atomic mass is 16.5. The van der Waals surface area contributed by atoms with Gasteiger partial charge >= 0.3 is 5.97 Å². The van der Waals surface area contributed by atoms with Crippen molar-refractivity contribution in [2.75, 3.05) is 0 Å². The second kappa shape index (κ2) is 4.65. The van der Waals surface area contributed by atoms with Crippen molar-refractivity contribution in [3.05, 3.63) is 70.1 Å². The molecule has 0 aliphatic heterocycles. The largest absolute Gasteiger partial charge is 0.454 e. The molecule has 1 aliphatic carbocycles. The fraction of sp³-hybridized carbons (Fsp3) is 0.133. The number of fused-ring (bicyclic) bond motifs is 1. The minimum Gasteiger partial charge on any atom is -0.454 e. The molecule has 1 aliphatic rings. The lowest BCUT2D eigenvalue weighted by Crippen LogP contribution is -2.22. The number of carbonyl (C=O) groups is 1. The molecule has 4 nitrogen and oxygen atoms in total. The molecule has 0 saturated heterocycles. The maximum Gasteiger partial charge on any atom is 0.338 e. The number of rotatable bonds is 3. The smallest absolute Gasteiger partial charge is 0.338 e. The number of hydrogen-bond acceptors (Lipinski definition) is 4. The quantitative estimate of drug-likeness (QED) is 0.621. The van der Waals surface area contributed by atoms with Crippen LogP contribution in [0.5, 0.6) is 0 Å². The van der Waals surface area contributed by atoms with Crippen LogP contribution in [0.25, 0.3) is 0 Å². The van der Waals surface area contributed by atoms with Gasteiger partial charge < -0.3 is 4.74 Å². The molecule has 4 heteroatoms. The average Bonchev–Trinajstić information content (AvgIpc) is 2.44. The van der Waals surface area contributed by atoms with Crippen LogP contribution in [-0.2, 0) is 11.2 Å². The van der Waals surface area contributed by atoms with Crippen LogP contribution in [0.3, 0.4) is 0 Å². The molecule has 0 heterocycles. The monoisotopic (exact) mass is 253 g/mol. The Hall–Kier alpha value is -2.49. The lowest BCUT2D eigenvalue weighted by atomic mass is 9.85. The molecule has 0 aromatic heterocycles. The van der Waals surface area contributed by atoms with Crippen LogP contribution in [0.4, 0.5) is 5.69 Å². The predicted octanol–water partition coefficient (Wildman–Crippen LogP) is 3.54. The Morgan fingerprint density at radius 1 is 1.11 bits per heavy atom. The minimum atomic E-state index is -0.378. The first-order valence-corrected chi connectivity index (χ1v) is 6.00. The van der Waals surface area contributed by atoms with Gasteiger partial charge in [-0.3, -0.25) is 0 Å². The molecule has 2 aromatic rings. The molecule has 3 rings (SSSR count). The summed E-state index contributed by atoms with van der Waals surface area (Å²) >= 11 is 0. The van der Waals surface area contributed by atoms with Gasteiger partial charge in [0.25, 0.3) is 0 Å². The Bertz CT molecular complexity index is 634. The van der Waals surface area contributed by atoms with Gasteiger partial charge in [0, 0.05) is 6.42 Å². The summed E-state index contributed by atoms with van der Waals surface area (Å²) in [5.41, 5.74) is 3.02. The molecule has 0 N–H and O–H groups in total. The highest BCUT2D eigenvalue weighted by Gasteiger charge is 2.29. The van der Waals surface area contributed by atoms with E-state index in [0.717, 1.165) is 12.0 Å². The van der Waals surface area contributed by atoms with Crippen LogP contribution in [0.15, 0.2) is 53.7 Å². The maximum absolute atomic E-state index is 11.9. The number of nitroso groups, excluding NO2 is 1. The Balaban J connectivity index is 1.71. The third kappa shape index (κ3) is 2.12. The van der Waals surface area contributed by atoms with E-state index in [2.05, 4.69) is 5.18 Å². The van der Waals surface area contributed by atoms with Crippen molar-refractivity contribution in [1.29, 1.82) is 0 Å². The maximum atomic E-state index is 11.9. The third-order valence-electron chi connectivity index (χ3n) is 3.26. The zero-order valence-corrected chi connectivity index (χ0v) is 10.1. The first-order valence-electron chi connectivity index (χ1n) is 6.00. The molecule has 0 amide bonds. The van der Waals surface area contributed by atoms with Crippen LogP contribution in [0.1, 0.15) is 27.6 Å². The van der Waals surface area contributed by atoms with E-state index in [1.54, 1.807) is 12.1 Å². The first-order chi connectivity index (χ1) is 9.28. The molecule has 0 saturated carbocycles. The van der Waals surface area contributed by atoms with Gasteiger partial charge in [-0.15, -0.1) is 4.91 Å². The standard InChI is InChI=1S/C15H11NO3/c17-15(10-5-7-12(16-18)8-6-10)19-14-9-11-3-1-2-4-13(11)14/h1-8,14H,9H2/t14-/m0/s1. The minimum absolute atomic E-state index is 0.160. The Labute approximate surface area is 110 Å². The summed E-state index contributed by atoms with van der Waals surface area (Å²) in [5, 5.41) is 2.79. The van der Waals surface area contributed by atoms with Gasteiger partial charge in [-0.25, -0.2) is 4.79 Å². The number of ether oxygens (including phenoxy) is 1. The number of carbonyl (C=O) groups excluding carboxylic acids is 1. The zero-order chi connectivity index (χ0) is 13.2. The van der Waals surface area contributed by atoms with E-state index >= 15 is 0 Å². The lowest BCUT2D eigenvalue weighted by molar-refractivity contribution is 0.0242. The van der Waals surface area contributed by atoms with Gasteiger partial charge in [0.15, 0.2) is 0 Å². The van der Waals surface area contributed by atoms with Gasteiger partial charge in [0.05, 0.1) is 5.56 Å². The Kier molecular flexibility index (Phi) is 2.83. The van der Waals surface area contributed by atoms with Crippen molar-refractivity contribution in [1.82, 2.24) is 0 Å². The van der Waals surface area contributed by atoms with E-state index in [9.17, 15) is 9.70 Å². The summed E-state index contributed by atoms with van der Waals surface area (Å²) in [6.07, 6.45) is 0.600. The van der Waals surface area contributed by atoms with Gasteiger partial charge in [0.2, 0.25) is 0 Å². The molecule has 1 atom stereocenters. The summed E-state index contributed by atoms with van der Waals surface area (Å²) in [7, 11) is 0. The SMILES string of the molecule is O=Nc1ccc(C(=O)O[C@H]2Cc3ccccc32)cc1. The summed E-state index contributed by atoms with van der Waals surface area (Å²) in [5.74, 6) is -0.378. The molecule has 0 spiro atoms. The van der Waals surface area contributed by atoms with Crippen LogP contribution < -0.4 is 0 Å². The van der Waals surface area contributed by atoms with Crippen LogP contribution >= 0.6 is 0 Å². The highest BCUT2D eigenvalue weighted by Crippen LogP contribution is 2.36. The number of benzene rings is 2. The zero-order valence-electron chi connectivity index (χ0n) is 10.1. The van der Waals surface area contributed by atoms with E-state index < -0.39 is 0 Å². The summed E-state index contributed by atoms with van der Waals surface area (Å²) in [6.45, 7) is 0. The Morgan fingerprint density at radius 2 is 1.84 bits per heavy atom. The lowest BCUT2D eigenvalue weighted by Gasteiger charge is -2.29. The number of nitrogens with zero attached hydrogens (tertiary/aromatic N) is 1. The van der Waals surface area contributed by atoms with E-state index in [0.29, 0.717) is 11.3 Å². The van der Waals surface area contributed by atoms with Crippen LogP contribution in [0, 0.1) is 4.91 Å². The van der Waals surface area contributed by atoms with Crippen molar-refractivity contribution in [3.8, 4) is 0 Å². The van der Waals surface area contributed by atoms with Crippen molar-refractivity contribution in [2.45, 2.75) is 12.5 Å². The van der Waals surface area contributed by atoms with Crippen molar-refractivity contribution >= 4 is 11.7 Å². The summed E-state index contributed by atoms with van der Waals surface area (Å²) < 4.78 is 5.42. The summed E-state index contributed by atoms with van der Waals surface area (Å²) in [4.78, 5) is 22.2. The number of hydrogen-bond donors (Lipinski definition) is 0. The van der Waals surface area contributed by atoms with Gasteiger partial charge in [-0.05, 0) is 40.6 Å². The normalized spacial score (nSPS) is 16.1. The molecule has 0 unspecified atom stereocenters.